The molecule has 0 aromatic heterocycles. The van der Waals surface area contributed by atoms with Crippen molar-refractivity contribution in [2.75, 3.05) is 14.1 Å². The van der Waals surface area contributed by atoms with Crippen LogP contribution in [0.25, 0.3) is 0 Å². The topological polar surface area (TPSA) is 40.1 Å². The number of carbonyl (C=O) groups is 1. The molecule has 2 aromatic rings. The number of carboxylic acid groups (broad SMARTS) is 1. The molecule has 0 N–H and O–H groups in total. The highest BCUT2D eigenvalue weighted by Crippen LogP contribution is 2.14. The standard InChI is InChI=1S/C16H20N.C3H6O2/c1-17(2,13-15-9-5-3-6-10-15)14-16-11-7-4-8-12-16;1-2-3(4)5/h3-12H,13-14H2,1-2H3;2H2,1H3,(H,4,5)/q+1;/p-1. The number of nitrogens with zero attached hydrogens (tertiary/aromatic N) is 1. The molecule has 3 nitrogen and oxygen atoms in total. The quantitative estimate of drug-likeness (QED) is 0.796. The highest BCUT2D eigenvalue weighted by Gasteiger charge is 2.16. The van der Waals surface area contributed by atoms with Gasteiger partial charge in [0.05, 0.1) is 14.1 Å². The van der Waals surface area contributed by atoms with E-state index >= 15 is 0 Å². The molecule has 0 aliphatic carbocycles. The van der Waals surface area contributed by atoms with Crippen LogP contribution in [-0.2, 0) is 17.9 Å². The molecule has 22 heavy (non-hydrogen) atoms. The summed E-state index contributed by atoms with van der Waals surface area (Å²) in [5, 5.41) is 9.26. The van der Waals surface area contributed by atoms with Gasteiger partial charge in [-0.25, -0.2) is 0 Å². The summed E-state index contributed by atoms with van der Waals surface area (Å²) in [6.45, 7) is 3.67. The lowest BCUT2D eigenvalue weighted by molar-refractivity contribution is -0.916. The van der Waals surface area contributed by atoms with Crippen molar-refractivity contribution in [2.24, 2.45) is 0 Å². The van der Waals surface area contributed by atoms with Crippen LogP contribution < -0.4 is 5.11 Å². The van der Waals surface area contributed by atoms with Gasteiger partial charge in [-0.3, -0.25) is 0 Å². The lowest BCUT2D eigenvalue weighted by atomic mass is 10.1. The van der Waals surface area contributed by atoms with E-state index in [2.05, 4.69) is 74.8 Å². The van der Waals surface area contributed by atoms with Gasteiger partial charge in [-0.05, 0) is 6.42 Å². The largest absolute Gasteiger partial charge is 0.550 e. The first-order chi connectivity index (χ1) is 10.4. The Kier molecular flexibility index (Phi) is 7.33. The van der Waals surface area contributed by atoms with E-state index in [4.69, 9.17) is 0 Å². The van der Waals surface area contributed by atoms with E-state index in [0.717, 1.165) is 17.6 Å². The van der Waals surface area contributed by atoms with Crippen LogP contribution in [0, 0.1) is 0 Å². The Hall–Kier alpha value is -2.13. The Bertz CT molecular complexity index is 507. The normalized spacial score (nSPS) is 10.5. The summed E-state index contributed by atoms with van der Waals surface area (Å²) in [5.74, 6) is -0.995. The van der Waals surface area contributed by atoms with Crippen molar-refractivity contribution in [3.05, 3.63) is 71.8 Å². The highest BCUT2D eigenvalue weighted by molar-refractivity contribution is 5.63. The van der Waals surface area contributed by atoms with Gasteiger partial charge in [0.15, 0.2) is 0 Å². The summed E-state index contributed by atoms with van der Waals surface area (Å²) in [7, 11) is 4.56. The molecular formula is C19H25NO2. The van der Waals surface area contributed by atoms with Gasteiger partial charge in [-0.15, -0.1) is 0 Å². The fraction of sp³-hybridized carbons (Fsp3) is 0.316. The van der Waals surface area contributed by atoms with Gasteiger partial charge < -0.3 is 14.4 Å². The summed E-state index contributed by atoms with van der Waals surface area (Å²) < 4.78 is 0.980. The molecule has 0 fully saturated rings. The minimum absolute atomic E-state index is 0.111. The van der Waals surface area contributed by atoms with Crippen molar-refractivity contribution in [1.29, 1.82) is 0 Å². The molecule has 0 saturated heterocycles. The third kappa shape index (κ3) is 7.60. The van der Waals surface area contributed by atoms with E-state index in [-0.39, 0.29) is 6.42 Å². The average Bonchev–Trinajstić information content (AvgIpc) is 2.49. The number of carbonyl (C=O) groups excluding carboxylic acids is 1. The molecule has 0 spiro atoms. The van der Waals surface area contributed by atoms with Gasteiger partial charge in [0.1, 0.15) is 13.1 Å². The SMILES string of the molecule is CCC(=O)[O-].C[N+](C)(Cc1ccccc1)Cc1ccccc1. The van der Waals surface area contributed by atoms with Gasteiger partial charge in [0, 0.05) is 17.1 Å². The van der Waals surface area contributed by atoms with Crippen LogP contribution in [0.4, 0.5) is 0 Å². The molecule has 118 valence electrons. The molecule has 0 aliphatic heterocycles. The highest BCUT2D eigenvalue weighted by atomic mass is 16.4. The van der Waals surface area contributed by atoms with E-state index in [1.165, 1.54) is 18.1 Å². The van der Waals surface area contributed by atoms with E-state index in [1.807, 2.05) is 0 Å². The number of hydrogen-bond acceptors (Lipinski definition) is 2. The summed E-state index contributed by atoms with van der Waals surface area (Å²) in [6, 6.07) is 21.4. The Labute approximate surface area is 133 Å². The summed E-state index contributed by atoms with van der Waals surface area (Å²) >= 11 is 0. The number of benzene rings is 2. The van der Waals surface area contributed by atoms with Crippen LogP contribution >= 0.6 is 0 Å². The molecule has 0 saturated carbocycles. The Morgan fingerprint density at radius 1 is 0.864 bits per heavy atom. The maximum Gasteiger partial charge on any atom is 0.104 e. The molecule has 2 rings (SSSR count). The summed E-state index contributed by atoms with van der Waals surface area (Å²) in [5.41, 5.74) is 2.79. The first-order valence-corrected chi connectivity index (χ1v) is 7.52. The maximum atomic E-state index is 9.26. The molecule has 0 unspecified atom stereocenters. The second-order valence-electron chi connectivity index (χ2n) is 5.95. The van der Waals surface area contributed by atoms with Crippen LogP contribution in [0.1, 0.15) is 24.5 Å². The van der Waals surface area contributed by atoms with E-state index < -0.39 is 5.97 Å². The minimum atomic E-state index is -0.995. The number of rotatable bonds is 5. The fourth-order valence-electron chi connectivity index (χ4n) is 2.21. The van der Waals surface area contributed by atoms with Crippen molar-refractivity contribution < 1.29 is 14.4 Å². The third-order valence-corrected chi connectivity index (χ3v) is 3.20. The van der Waals surface area contributed by atoms with Crippen LogP contribution in [0.5, 0.6) is 0 Å². The van der Waals surface area contributed by atoms with Gasteiger partial charge in [-0.1, -0.05) is 67.6 Å². The zero-order valence-electron chi connectivity index (χ0n) is 13.7. The van der Waals surface area contributed by atoms with Gasteiger partial charge in [-0.2, -0.15) is 0 Å². The van der Waals surface area contributed by atoms with Crippen LogP contribution in [0.3, 0.4) is 0 Å². The number of quaternary nitrogens is 1. The monoisotopic (exact) mass is 299 g/mol. The van der Waals surface area contributed by atoms with Crippen molar-refractivity contribution in [3.63, 3.8) is 0 Å². The van der Waals surface area contributed by atoms with E-state index in [9.17, 15) is 9.90 Å². The zero-order valence-corrected chi connectivity index (χ0v) is 13.7. The minimum Gasteiger partial charge on any atom is -0.550 e. The Morgan fingerprint density at radius 2 is 1.18 bits per heavy atom. The Balaban J connectivity index is 0.000000422. The lowest BCUT2D eigenvalue weighted by Crippen LogP contribution is -2.37. The molecule has 0 aliphatic rings. The maximum absolute atomic E-state index is 9.26. The third-order valence-electron chi connectivity index (χ3n) is 3.20. The van der Waals surface area contributed by atoms with E-state index in [0.29, 0.717) is 0 Å². The van der Waals surface area contributed by atoms with Crippen molar-refractivity contribution in [2.45, 2.75) is 26.4 Å². The van der Waals surface area contributed by atoms with Crippen LogP contribution in [0.2, 0.25) is 0 Å². The molecular weight excluding hydrogens is 274 g/mol. The molecule has 3 heteroatoms. The number of hydrogen-bond donors (Lipinski definition) is 0. The summed E-state index contributed by atoms with van der Waals surface area (Å²) in [4.78, 5) is 9.26. The van der Waals surface area contributed by atoms with Crippen molar-refractivity contribution in [3.8, 4) is 0 Å². The predicted octanol–water partition coefficient (Wildman–Crippen LogP) is 2.61. The summed E-state index contributed by atoms with van der Waals surface area (Å²) in [6.07, 6.45) is 0.111. The van der Waals surface area contributed by atoms with Crippen LogP contribution in [0.15, 0.2) is 60.7 Å². The first kappa shape index (κ1) is 17.9. The van der Waals surface area contributed by atoms with Crippen molar-refractivity contribution >= 4 is 5.97 Å². The van der Waals surface area contributed by atoms with Gasteiger partial charge in [0.2, 0.25) is 0 Å². The number of carboxylic acids is 1. The first-order valence-electron chi connectivity index (χ1n) is 7.52. The molecule has 2 aromatic carbocycles. The lowest BCUT2D eigenvalue weighted by Gasteiger charge is -2.30. The molecule has 0 heterocycles. The fourth-order valence-corrected chi connectivity index (χ4v) is 2.21. The second-order valence-corrected chi connectivity index (χ2v) is 5.95. The predicted molar refractivity (Wildman–Crippen MR) is 87.7 cm³/mol. The smallest absolute Gasteiger partial charge is 0.104 e. The molecule has 0 bridgehead atoms. The average molecular weight is 299 g/mol. The zero-order chi connectivity index (χ0) is 16.4. The van der Waals surface area contributed by atoms with Gasteiger partial charge in [0.25, 0.3) is 0 Å². The molecule has 0 atom stereocenters. The Morgan fingerprint density at radius 3 is 1.45 bits per heavy atom. The van der Waals surface area contributed by atoms with Crippen molar-refractivity contribution in [1.82, 2.24) is 0 Å². The van der Waals surface area contributed by atoms with Gasteiger partial charge >= 0.3 is 0 Å². The number of aliphatic carboxylic acids is 1. The molecule has 0 amide bonds. The second kappa shape index (κ2) is 9.00. The van der Waals surface area contributed by atoms with E-state index in [1.54, 1.807) is 0 Å². The molecule has 0 radical (unpaired) electrons. The van der Waals surface area contributed by atoms with Crippen LogP contribution in [-0.4, -0.2) is 24.5 Å².